The van der Waals surface area contributed by atoms with Gasteiger partial charge in [0.15, 0.2) is 0 Å². The summed E-state index contributed by atoms with van der Waals surface area (Å²) in [6.07, 6.45) is 6.04. The Morgan fingerprint density at radius 3 is 0.968 bits per heavy atom. The summed E-state index contributed by atoms with van der Waals surface area (Å²) in [6, 6.07) is 0. The van der Waals surface area contributed by atoms with E-state index in [1.807, 2.05) is 0 Å². The summed E-state index contributed by atoms with van der Waals surface area (Å²) < 4.78 is 1.81. The summed E-state index contributed by atoms with van der Waals surface area (Å²) in [5.41, 5.74) is 0. The average Bonchev–Trinajstić information content (AvgIpc) is 3.51. The van der Waals surface area contributed by atoms with Gasteiger partial charge in [0.1, 0.15) is 0 Å². The third kappa shape index (κ3) is 0.382. The summed E-state index contributed by atoms with van der Waals surface area (Å²) in [4.78, 5) is 11.2. The Bertz CT molecular complexity index is 1210. The maximum atomic E-state index is 3.78. The van der Waals surface area contributed by atoms with Crippen molar-refractivity contribution in [2.45, 2.75) is 139 Å². The Morgan fingerprint density at radius 1 is 0.548 bits per heavy atom. The monoisotopic (exact) mass is 502 g/mol. The van der Waals surface area contributed by atoms with Crippen LogP contribution in [0.4, 0.5) is 0 Å². The molecule has 10 saturated heterocycles. The van der Waals surface area contributed by atoms with E-state index in [9.17, 15) is 0 Å². The first-order chi connectivity index (χ1) is 14.1. The first kappa shape index (κ1) is 18.6. The zero-order valence-electron chi connectivity index (χ0n) is 21.3. The minimum absolute atomic E-state index is 0.579. The van der Waals surface area contributed by atoms with Gasteiger partial charge < -0.3 is 0 Å². The van der Waals surface area contributed by atoms with Gasteiger partial charge in [-0.1, -0.05) is 0 Å². The summed E-state index contributed by atoms with van der Waals surface area (Å²) >= 11 is 0. The van der Waals surface area contributed by atoms with E-state index in [0.717, 1.165) is 32.3 Å². The van der Waals surface area contributed by atoms with Crippen LogP contribution in [0.3, 0.4) is 0 Å². The van der Waals surface area contributed by atoms with Gasteiger partial charge in [-0.05, 0) is 0 Å². The molecule has 10 fully saturated rings. The number of fused-ring (bicyclic) bond motifs is 10. The zero-order chi connectivity index (χ0) is 22.1. The standard InChI is InChI=1S/C23H43P2.C5H5.Fe/c1-16(2)12-22(24,13-17(3)4)20-10-9-11-21(20)23(25,14-18(5)6)15-19(7)8;1-2-4-5-3-1;/h9-11,16-19H,12-15,24-25H2,1-8H3;1-5H;. The van der Waals surface area contributed by atoms with Crippen LogP contribution < -0.4 is 0 Å². The molecule has 0 aromatic carbocycles. The molecule has 0 N–H and O–H groups in total. The van der Waals surface area contributed by atoms with Crippen LogP contribution >= 0.6 is 18.5 Å². The quantitative estimate of drug-likeness (QED) is 0.206. The summed E-state index contributed by atoms with van der Waals surface area (Å²) in [5, 5.41) is 1.16. The zero-order valence-corrected chi connectivity index (χ0v) is 24.7. The molecule has 178 valence electrons. The third-order valence-electron chi connectivity index (χ3n) is 19.4. The van der Waals surface area contributed by atoms with Crippen molar-refractivity contribution in [2.75, 3.05) is 0 Å². The van der Waals surface area contributed by atoms with Crippen LogP contribution in [0.5, 0.6) is 0 Å². The third-order valence-corrected chi connectivity index (χ3v) is 65.1. The van der Waals surface area contributed by atoms with Crippen molar-refractivity contribution >= 4 is 18.5 Å². The molecular formula is C28H48FeP2. The van der Waals surface area contributed by atoms with Crippen LogP contribution in [0, 0.1) is 23.7 Å². The second-order valence-corrected chi connectivity index (χ2v) is 43.9. The molecule has 0 saturated carbocycles. The van der Waals surface area contributed by atoms with Crippen LogP contribution in [0.2, 0.25) is 47.2 Å². The van der Waals surface area contributed by atoms with E-state index in [0.29, 0.717) is 10.3 Å². The molecule has 6 atom stereocenters. The molecule has 10 aliphatic rings. The van der Waals surface area contributed by atoms with Gasteiger partial charge in [0.2, 0.25) is 0 Å². The van der Waals surface area contributed by atoms with Crippen LogP contribution in [-0.4, -0.2) is 10.3 Å². The minimum atomic E-state index is -3.55. The van der Waals surface area contributed by atoms with Gasteiger partial charge in [-0.2, -0.15) is 0 Å². The van der Waals surface area contributed by atoms with E-state index in [-0.39, 0.29) is 0 Å². The molecule has 0 nitrogen and oxygen atoms in total. The first-order valence-electron chi connectivity index (χ1n) is 13.9. The molecule has 6 unspecified atom stereocenters. The van der Waals surface area contributed by atoms with Crippen molar-refractivity contribution in [3.8, 4) is 0 Å². The van der Waals surface area contributed by atoms with Crippen LogP contribution in [0.1, 0.15) is 81.1 Å². The van der Waals surface area contributed by atoms with Crippen LogP contribution in [0.25, 0.3) is 0 Å². The van der Waals surface area contributed by atoms with E-state index in [2.05, 4.69) is 73.9 Å². The Morgan fingerprint density at radius 2 is 0.806 bits per heavy atom. The topological polar surface area (TPSA) is 0 Å². The molecule has 0 aromatic heterocycles. The molecule has 31 heavy (non-hydrogen) atoms. The molecule has 0 aromatic rings. The average molecular weight is 502 g/mol. The molecule has 3 heteroatoms. The summed E-state index contributed by atoms with van der Waals surface area (Å²) in [6.45, 7) is 16.8. The molecule has 0 bridgehead atoms. The van der Waals surface area contributed by atoms with Crippen molar-refractivity contribution in [1.82, 2.24) is 0 Å². The predicted molar refractivity (Wildman–Crippen MR) is 138 cm³/mol. The SMILES string of the molecule is CC(C)CC(P)(CC(C)C)[C]12[CH]3[CH]4[CH]5[C]1(C(P)(CC(C)C)CC(C)C)[Fe]43521678[CH]2[CH]1[CH]6[CH]7[CH]28. The van der Waals surface area contributed by atoms with Crippen molar-refractivity contribution in [3.05, 3.63) is 0 Å². The Balaban J connectivity index is 1.30. The molecule has 10 rings (SSSR count). The van der Waals surface area contributed by atoms with Crippen molar-refractivity contribution in [3.63, 3.8) is 0 Å². The number of hydrogen-bond donors (Lipinski definition) is 0. The second kappa shape index (κ2) is 2.38. The first-order valence-corrected chi connectivity index (χ1v) is 21.2. The molecule has 10 heterocycles. The van der Waals surface area contributed by atoms with Crippen molar-refractivity contribution in [2.24, 2.45) is 23.7 Å². The molecule has 0 amide bonds. The van der Waals surface area contributed by atoms with E-state index in [4.69, 9.17) is 0 Å². The van der Waals surface area contributed by atoms with E-state index >= 15 is 0 Å². The fraction of sp³-hybridized carbons (Fsp3) is 1.00. The van der Waals surface area contributed by atoms with Gasteiger partial charge in [-0.15, -0.1) is 0 Å². The maximum absolute atomic E-state index is 3.78. The predicted octanol–water partition coefficient (Wildman–Crippen LogP) is 9.53. The van der Waals surface area contributed by atoms with Crippen LogP contribution in [-0.2, 0) is 6.51 Å². The molecule has 0 radical (unpaired) electrons. The van der Waals surface area contributed by atoms with Gasteiger partial charge in [-0.25, -0.2) is 0 Å². The molecular weight excluding hydrogens is 454 g/mol. The van der Waals surface area contributed by atoms with E-state index in [1.54, 1.807) is 0 Å². The molecule has 1 spiro atoms. The fourth-order valence-electron chi connectivity index (χ4n) is 23.2. The van der Waals surface area contributed by atoms with Gasteiger partial charge in [0.25, 0.3) is 0 Å². The molecule has 0 aliphatic carbocycles. The van der Waals surface area contributed by atoms with Crippen molar-refractivity contribution in [1.29, 1.82) is 0 Å². The summed E-state index contributed by atoms with van der Waals surface area (Å²) in [7, 11) is 7.55. The second-order valence-electron chi connectivity index (χ2n) is 18.5. The van der Waals surface area contributed by atoms with E-state index in [1.165, 1.54) is 64.2 Å². The van der Waals surface area contributed by atoms with E-state index < -0.39 is 6.51 Å². The Hall–Kier alpha value is 1.38. The normalized spacial score (nSPS) is 75.2. The number of hydrogen-bond acceptors (Lipinski definition) is 0. The molecule has 10 aliphatic heterocycles. The summed E-state index contributed by atoms with van der Waals surface area (Å²) in [5.74, 6) is 3.40. The number of rotatable bonds is 10. The van der Waals surface area contributed by atoms with Gasteiger partial charge >= 0.3 is 187 Å². The van der Waals surface area contributed by atoms with Crippen LogP contribution in [0.15, 0.2) is 0 Å². The fourth-order valence-corrected chi connectivity index (χ4v) is 110. The Labute approximate surface area is 186 Å². The van der Waals surface area contributed by atoms with Gasteiger partial charge in [0.05, 0.1) is 0 Å². The van der Waals surface area contributed by atoms with Crippen molar-refractivity contribution < 1.29 is 6.51 Å². The van der Waals surface area contributed by atoms with Gasteiger partial charge in [0, 0.05) is 0 Å². The Kier molecular flexibility index (Phi) is 1.43. The van der Waals surface area contributed by atoms with Gasteiger partial charge in [-0.3, -0.25) is 0 Å².